The molecule has 0 radical (unpaired) electrons. The Hall–Kier alpha value is -3.42. The van der Waals surface area contributed by atoms with Gasteiger partial charge in [0.25, 0.3) is 5.91 Å². The first-order chi connectivity index (χ1) is 23.4. The number of rotatable bonds is 9. The molecule has 3 amide bonds. The zero-order chi connectivity index (χ0) is 38.0. The first kappa shape index (κ1) is 42.7. The fourth-order valence-electron chi connectivity index (χ4n) is 7.19. The predicted molar refractivity (Wildman–Crippen MR) is 191 cm³/mol. The average Bonchev–Trinajstić information content (AvgIpc) is 3.57. The molecule has 2 fully saturated rings. The highest BCUT2D eigenvalue weighted by molar-refractivity contribution is 5.96. The molecule has 0 saturated carbocycles. The number of carbonyl (C=O) groups excluding carboxylic acids is 6. The third kappa shape index (κ3) is 10.1. The second kappa shape index (κ2) is 19.3. The molecule has 2 aliphatic rings. The number of unbranched alkanes of at least 4 members (excludes halogenated alkanes) is 1. The Kier molecular flexibility index (Phi) is 16.5. The fraction of sp³-hybridized carbons (Fsp3) is 0.795. The number of esters is 2. The Morgan fingerprint density at radius 1 is 0.860 bits per heavy atom. The Morgan fingerprint density at radius 3 is 2.02 bits per heavy atom. The molecule has 0 aliphatic carbocycles. The van der Waals surface area contributed by atoms with Crippen LogP contribution in [0.2, 0.25) is 0 Å². The van der Waals surface area contributed by atoms with Crippen LogP contribution in [-0.4, -0.2) is 89.2 Å². The maximum atomic E-state index is 14.2. The summed E-state index contributed by atoms with van der Waals surface area (Å²) in [6, 6.07) is -2.78. The molecule has 11 nitrogen and oxygen atoms in total. The quantitative estimate of drug-likeness (QED) is 0.206. The maximum absolute atomic E-state index is 14.2. The Bertz CT molecular complexity index is 1260. The number of ketones is 1. The summed E-state index contributed by atoms with van der Waals surface area (Å²) in [5.74, 6) is -4.30. The number of nitrogens with one attached hydrogen (secondary N) is 1. The van der Waals surface area contributed by atoms with E-state index in [0.29, 0.717) is 51.5 Å². The van der Waals surface area contributed by atoms with Crippen molar-refractivity contribution in [1.29, 1.82) is 0 Å². The molecule has 11 heteroatoms. The van der Waals surface area contributed by atoms with Crippen molar-refractivity contribution >= 4 is 35.4 Å². The molecule has 1 N–H and O–H groups in total. The van der Waals surface area contributed by atoms with Crippen LogP contribution in [-0.2, 0) is 38.2 Å². The Morgan fingerprint density at radius 2 is 1.48 bits per heavy atom. The summed E-state index contributed by atoms with van der Waals surface area (Å²) >= 11 is 0. The van der Waals surface area contributed by atoms with Crippen LogP contribution in [0, 0.1) is 53.8 Å². The molecule has 10 atom stereocenters. The van der Waals surface area contributed by atoms with Crippen LogP contribution in [0.25, 0.3) is 0 Å². The number of nitrogens with zero attached hydrogens (tertiary/aromatic N) is 2. The van der Waals surface area contributed by atoms with Crippen LogP contribution in [0.4, 0.5) is 0 Å². The molecular formula is C39H63N3O8. The van der Waals surface area contributed by atoms with Crippen molar-refractivity contribution < 1.29 is 38.2 Å². The lowest BCUT2D eigenvalue weighted by Crippen LogP contribution is -2.56. The van der Waals surface area contributed by atoms with Crippen LogP contribution < -0.4 is 5.32 Å². The van der Waals surface area contributed by atoms with E-state index in [1.807, 2.05) is 41.5 Å². The number of terminal acetylenes is 1. The summed E-state index contributed by atoms with van der Waals surface area (Å²) in [5.41, 5.74) is 0. The van der Waals surface area contributed by atoms with E-state index >= 15 is 0 Å². The highest BCUT2D eigenvalue weighted by Crippen LogP contribution is 2.31. The molecule has 50 heavy (non-hydrogen) atoms. The van der Waals surface area contributed by atoms with Gasteiger partial charge in [0.2, 0.25) is 11.8 Å². The highest BCUT2D eigenvalue weighted by atomic mass is 16.6. The van der Waals surface area contributed by atoms with Gasteiger partial charge in [-0.1, -0.05) is 82.1 Å². The molecule has 0 bridgehead atoms. The van der Waals surface area contributed by atoms with Crippen LogP contribution in [0.3, 0.4) is 0 Å². The van der Waals surface area contributed by atoms with E-state index in [2.05, 4.69) is 11.2 Å². The maximum Gasteiger partial charge on any atom is 0.329 e. The van der Waals surface area contributed by atoms with Crippen molar-refractivity contribution in [3.63, 3.8) is 0 Å². The van der Waals surface area contributed by atoms with Crippen molar-refractivity contribution in [2.75, 3.05) is 13.6 Å². The Balaban J connectivity index is 2.76. The lowest BCUT2D eigenvalue weighted by Gasteiger charge is -2.37. The van der Waals surface area contributed by atoms with Gasteiger partial charge in [0, 0.05) is 25.9 Å². The highest BCUT2D eigenvalue weighted by Gasteiger charge is 2.46. The van der Waals surface area contributed by atoms with E-state index in [1.54, 1.807) is 34.7 Å². The van der Waals surface area contributed by atoms with Gasteiger partial charge in [-0.3, -0.25) is 24.0 Å². The van der Waals surface area contributed by atoms with Crippen molar-refractivity contribution in [3.05, 3.63) is 0 Å². The monoisotopic (exact) mass is 701 g/mol. The first-order valence-corrected chi connectivity index (χ1v) is 18.7. The van der Waals surface area contributed by atoms with E-state index in [0.717, 1.165) is 0 Å². The van der Waals surface area contributed by atoms with E-state index in [4.69, 9.17) is 15.9 Å². The van der Waals surface area contributed by atoms with Gasteiger partial charge in [-0.05, 0) is 49.4 Å². The number of likely N-dealkylation sites (N-methyl/N-ethyl adjacent to an activating group) is 1. The number of Topliss-reactive ketones (excluding diaryl/α,β-unsaturated/α-hetero) is 1. The number of fused-ring (bicyclic) bond motifs is 1. The second-order valence-electron chi connectivity index (χ2n) is 15.3. The van der Waals surface area contributed by atoms with E-state index in [9.17, 15) is 28.8 Å². The van der Waals surface area contributed by atoms with Gasteiger partial charge in [-0.2, -0.15) is 0 Å². The van der Waals surface area contributed by atoms with Crippen LogP contribution in [0.1, 0.15) is 114 Å². The smallest absolute Gasteiger partial charge is 0.329 e. The first-order valence-electron chi connectivity index (χ1n) is 18.7. The van der Waals surface area contributed by atoms with Gasteiger partial charge in [0.1, 0.15) is 18.2 Å². The molecule has 2 saturated heterocycles. The molecule has 2 rings (SSSR count). The summed E-state index contributed by atoms with van der Waals surface area (Å²) in [7, 11) is 1.55. The second-order valence-corrected chi connectivity index (χ2v) is 15.3. The molecular weight excluding hydrogens is 638 g/mol. The number of hydrogen-bond acceptors (Lipinski definition) is 8. The Labute approximate surface area is 300 Å². The molecule has 0 aromatic heterocycles. The van der Waals surface area contributed by atoms with Crippen LogP contribution in [0.5, 0.6) is 0 Å². The van der Waals surface area contributed by atoms with Crippen molar-refractivity contribution in [2.45, 2.75) is 145 Å². The summed E-state index contributed by atoms with van der Waals surface area (Å²) in [6.45, 7) is 18.4. The zero-order valence-corrected chi connectivity index (χ0v) is 32.3. The molecule has 2 aliphatic heterocycles. The molecule has 282 valence electrons. The number of carbonyl (C=O) groups is 6. The van der Waals surface area contributed by atoms with Gasteiger partial charge in [0.05, 0.1) is 17.9 Å². The standard InChI is InChI=1S/C39H63N3O8/c1-13-16-17-20-29-26(10)35(44)40-31(22(4)5)33(43)27(11)30(24(8)14-2)38(47)50-34(23(6)7)37(46)42-21-18-19-28(42)36(45)41(12)32(25(9)15-3)39(48)49-29/h1,22-32,34H,14-21H2,2-12H3,(H,40,44)/t24?,25?,26-,27?,28-,29+,30-,31-,32-,34-/m0/s1. The number of hydrogen-bond donors (Lipinski definition) is 1. The van der Waals surface area contributed by atoms with Gasteiger partial charge < -0.3 is 24.6 Å². The topological polar surface area (TPSA) is 139 Å². The summed E-state index contributed by atoms with van der Waals surface area (Å²) in [4.78, 5) is 87.4. The number of cyclic esters (lactones) is 2. The number of ether oxygens (including phenoxy) is 2. The summed E-state index contributed by atoms with van der Waals surface area (Å²) in [6.07, 6.45) is 6.74. The number of amides is 3. The van der Waals surface area contributed by atoms with Gasteiger partial charge in [-0.25, -0.2) is 4.79 Å². The minimum absolute atomic E-state index is 0.270. The average molecular weight is 702 g/mol. The minimum atomic E-state index is -1.18. The third-order valence-corrected chi connectivity index (χ3v) is 10.9. The van der Waals surface area contributed by atoms with E-state index < -0.39 is 83.7 Å². The molecule has 0 spiro atoms. The molecule has 0 aromatic rings. The van der Waals surface area contributed by atoms with Crippen molar-refractivity contribution in [2.24, 2.45) is 41.4 Å². The van der Waals surface area contributed by atoms with Gasteiger partial charge in [0.15, 0.2) is 11.9 Å². The normalized spacial score (nSPS) is 30.9. The fourth-order valence-corrected chi connectivity index (χ4v) is 7.19. The van der Waals surface area contributed by atoms with Crippen molar-refractivity contribution in [1.82, 2.24) is 15.1 Å². The largest absolute Gasteiger partial charge is 0.460 e. The van der Waals surface area contributed by atoms with Crippen LogP contribution in [0.15, 0.2) is 0 Å². The molecule has 3 unspecified atom stereocenters. The van der Waals surface area contributed by atoms with Crippen LogP contribution >= 0.6 is 0 Å². The van der Waals surface area contributed by atoms with E-state index in [-0.39, 0.29) is 23.5 Å². The van der Waals surface area contributed by atoms with Crippen molar-refractivity contribution in [3.8, 4) is 12.3 Å². The minimum Gasteiger partial charge on any atom is -0.460 e. The SMILES string of the molecule is C#CCCC[C@H]1OC(=O)[C@H](C(C)CC)N(C)C(=O)[C@@H]2CCCN2C(=O)[C@H](C(C)C)OC(=O)[C@@H](C(C)CC)C(C)C(=O)[C@H](C(C)C)NC(=O)[C@H]1C. The van der Waals surface area contributed by atoms with E-state index in [1.165, 1.54) is 9.80 Å². The summed E-state index contributed by atoms with van der Waals surface area (Å²) in [5, 5.41) is 2.91. The summed E-state index contributed by atoms with van der Waals surface area (Å²) < 4.78 is 12.1. The predicted octanol–water partition coefficient (Wildman–Crippen LogP) is 4.79. The van der Waals surface area contributed by atoms with Gasteiger partial charge in [-0.15, -0.1) is 12.3 Å². The lowest BCUT2D eigenvalue weighted by atomic mass is 9.76. The molecule has 2 heterocycles. The molecule has 0 aromatic carbocycles. The van der Waals surface area contributed by atoms with Gasteiger partial charge >= 0.3 is 11.9 Å². The third-order valence-electron chi connectivity index (χ3n) is 10.9. The lowest BCUT2D eigenvalue weighted by molar-refractivity contribution is -0.172. The zero-order valence-electron chi connectivity index (χ0n) is 32.3.